The van der Waals surface area contributed by atoms with E-state index in [0.29, 0.717) is 13.1 Å². The monoisotopic (exact) mass is 401 g/mol. The third-order valence-corrected chi connectivity index (χ3v) is 5.49. The van der Waals surface area contributed by atoms with Crippen molar-refractivity contribution in [3.05, 3.63) is 56.7 Å². The van der Waals surface area contributed by atoms with Gasteiger partial charge in [0, 0.05) is 36.7 Å². The molecule has 1 aromatic carbocycles. The Hall–Kier alpha value is -2.10. The highest BCUT2D eigenvalue weighted by Crippen LogP contribution is 2.24. The van der Waals surface area contributed by atoms with Gasteiger partial charge < -0.3 is 9.80 Å². The summed E-state index contributed by atoms with van der Waals surface area (Å²) >= 11 is 4.90. The summed E-state index contributed by atoms with van der Waals surface area (Å²) in [5, 5.41) is 9.34. The molecule has 0 atom stereocenters. The fourth-order valence-corrected chi connectivity index (χ4v) is 4.03. The number of rotatable bonds is 3. The van der Waals surface area contributed by atoms with Gasteiger partial charge >= 0.3 is 0 Å². The highest BCUT2D eigenvalue weighted by atomic mass is 79.9. The standard InChI is InChI=1S/C18H16BrN3OS/c19-17-7-6-16(24-17)12-14(13-20)18(23)22-10-8-21(9-11-22)15-4-2-1-3-5-15/h1-7,12H,8-11H2/b14-12+. The first-order valence-corrected chi connectivity index (χ1v) is 9.25. The molecule has 24 heavy (non-hydrogen) atoms. The molecule has 4 nitrogen and oxygen atoms in total. The number of halogens is 1. The van der Waals surface area contributed by atoms with E-state index >= 15 is 0 Å². The van der Waals surface area contributed by atoms with Crippen LogP contribution < -0.4 is 4.90 Å². The van der Waals surface area contributed by atoms with Gasteiger partial charge in [-0.3, -0.25) is 4.79 Å². The summed E-state index contributed by atoms with van der Waals surface area (Å²) < 4.78 is 0.981. The summed E-state index contributed by atoms with van der Waals surface area (Å²) in [6.45, 7) is 2.81. The fraction of sp³-hybridized carbons (Fsp3) is 0.222. The summed E-state index contributed by atoms with van der Waals surface area (Å²) in [4.78, 5) is 17.5. The van der Waals surface area contributed by atoms with Gasteiger partial charge in [-0.1, -0.05) is 18.2 Å². The molecule has 1 fully saturated rings. The van der Waals surface area contributed by atoms with E-state index < -0.39 is 0 Å². The van der Waals surface area contributed by atoms with E-state index in [2.05, 4.69) is 33.0 Å². The molecule has 0 N–H and O–H groups in total. The van der Waals surface area contributed by atoms with Gasteiger partial charge in [-0.15, -0.1) is 11.3 Å². The normalized spacial score (nSPS) is 15.2. The van der Waals surface area contributed by atoms with Crippen LogP contribution in [-0.4, -0.2) is 37.0 Å². The van der Waals surface area contributed by atoms with Gasteiger partial charge in [-0.05, 0) is 46.3 Å². The predicted octanol–water partition coefficient (Wildman–Crippen LogP) is 3.77. The Morgan fingerprint density at radius 3 is 2.42 bits per heavy atom. The van der Waals surface area contributed by atoms with Crippen molar-refractivity contribution in [2.75, 3.05) is 31.1 Å². The van der Waals surface area contributed by atoms with Gasteiger partial charge in [0.25, 0.3) is 5.91 Å². The maximum Gasteiger partial charge on any atom is 0.264 e. The van der Waals surface area contributed by atoms with Crippen LogP contribution >= 0.6 is 27.3 Å². The van der Waals surface area contributed by atoms with Crippen LogP contribution in [0.4, 0.5) is 5.69 Å². The molecule has 2 heterocycles. The Balaban J connectivity index is 1.66. The highest BCUT2D eigenvalue weighted by molar-refractivity contribution is 9.11. The van der Waals surface area contributed by atoms with Crippen molar-refractivity contribution in [3.63, 3.8) is 0 Å². The molecule has 0 radical (unpaired) electrons. The van der Waals surface area contributed by atoms with Crippen LogP contribution in [-0.2, 0) is 4.79 Å². The molecule has 0 aliphatic carbocycles. The lowest BCUT2D eigenvalue weighted by Crippen LogP contribution is -2.49. The van der Waals surface area contributed by atoms with E-state index in [0.717, 1.165) is 21.8 Å². The van der Waals surface area contributed by atoms with Gasteiger partial charge in [0.2, 0.25) is 0 Å². The number of carbonyl (C=O) groups excluding carboxylic acids is 1. The first-order valence-electron chi connectivity index (χ1n) is 7.64. The van der Waals surface area contributed by atoms with Crippen molar-refractivity contribution in [3.8, 4) is 6.07 Å². The van der Waals surface area contributed by atoms with E-state index in [-0.39, 0.29) is 11.5 Å². The Bertz CT molecular complexity index is 786. The van der Waals surface area contributed by atoms with Crippen molar-refractivity contribution < 1.29 is 4.79 Å². The topological polar surface area (TPSA) is 47.3 Å². The van der Waals surface area contributed by atoms with Gasteiger partial charge in [-0.25, -0.2) is 0 Å². The van der Waals surface area contributed by atoms with Crippen molar-refractivity contribution in [2.45, 2.75) is 0 Å². The van der Waals surface area contributed by atoms with Crippen LogP contribution in [0.2, 0.25) is 0 Å². The lowest BCUT2D eigenvalue weighted by Gasteiger charge is -2.36. The quantitative estimate of drug-likeness (QED) is 0.580. The number of hydrogen-bond donors (Lipinski definition) is 0. The molecule has 0 unspecified atom stereocenters. The SMILES string of the molecule is N#C/C(=C\c1ccc(Br)s1)C(=O)N1CCN(c2ccccc2)CC1. The molecular weight excluding hydrogens is 386 g/mol. The van der Waals surface area contributed by atoms with E-state index in [4.69, 9.17) is 0 Å². The molecular formula is C18H16BrN3OS. The largest absolute Gasteiger partial charge is 0.368 e. The third-order valence-electron chi connectivity index (χ3n) is 3.92. The molecule has 1 aliphatic rings. The zero-order chi connectivity index (χ0) is 16.9. The van der Waals surface area contributed by atoms with E-state index in [1.165, 1.54) is 17.0 Å². The number of nitriles is 1. The molecule has 1 saturated heterocycles. The van der Waals surface area contributed by atoms with E-state index in [9.17, 15) is 10.1 Å². The Morgan fingerprint density at radius 2 is 1.83 bits per heavy atom. The molecule has 1 aliphatic heterocycles. The second kappa shape index (κ2) is 7.65. The molecule has 1 amide bonds. The van der Waals surface area contributed by atoms with Crippen LogP contribution in [0, 0.1) is 11.3 Å². The number of benzene rings is 1. The number of thiophene rings is 1. The van der Waals surface area contributed by atoms with Crippen LogP contribution in [0.25, 0.3) is 6.08 Å². The Labute approximate surface area is 153 Å². The third kappa shape index (κ3) is 3.86. The van der Waals surface area contributed by atoms with Gasteiger partial charge in [0.1, 0.15) is 11.6 Å². The minimum absolute atomic E-state index is 0.185. The van der Waals surface area contributed by atoms with Crippen LogP contribution in [0.5, 0.6) is 0 Å². The first kappa shape index (κ1) is 16.7. The number of anilines is 1. The zero-order valence-corrected chi connectivity index (χ0v) is 15.4. The molecule has 3 rings (SSSR count). The number of nitrogens with zero attached hydrogens (tertiary/aromatic N) is 3. The maximum absolute atomic E-state index is 12.6. The molecule has 6 heteroatoms. The second-order valence-electron chi connectivity index (χ2n) is 5.43. The second-order valence-corrected chi connectivity index (χ2v) is 7.92. The van der Waals surface area contributed by atoms with Crippen LogP contribution in [0.15, 0.2) is 51.8 Å². The van der Waals surface area contributed by atoms with Crippen molar-refractivity contribution in [2.24, 2.45) is 0 Å². The summed E-state index contributed by atoms with van der Waals surface area (Å²) in [7, 11) is 0. The molecule has 122 valence electrons. The number of hydrogen-bond acceptors (Lipinski definition) is 4. The molecule has 0 bridgehead atoms. The minimum Gasteiger partial charge on any atom is -0.368 e. The smallest absolute Gasteiger partial charge is 0.264 e. The summed E-state index contributed by atoms with van der Waals surface area (Å²) in [6.07, 6.45) is 1.67. The number of piperazine rings is 1. The van der Waals surface area contributed by atoms with Gasteiger partial charge in [0.15, 0.2) is 0 Å². The minimum atomic E-state index is -0.185. The predicted molar refractivity (Wildman–Crippen MR) is 101 cm³/mol. The Kier molecular flexibility index (Phi) is 5.34. The lowest BCUT2D eigenvalue weighted by atomic mass is 10.2. The maximum atomic E-state index is 12.6. The summed E-state index contributed by atoms with van der Waals surface area (Å²) in [5.41, 5.74) is 1.36. The van der Waals surface area contributed by atoms with Crippen LogP contribution in [0.1, 0.15) is 4.88 Å². The Morgan fingerprint density at radius 1 is 1.12 bits per heavy atom. The molecule has 0 spiro atoms. The number of carbonyl (C=O) groups is 1. The molecule has 2 aromatic rings. The fourth-order valence-electron chi connectivity index (χ4n) is 2.67. The summed E-state index contributed by atoms with van der Waals surface area (Å²) in [5.74, 6) is -0.185. The number of para-hydroxylation sites is 1. The molecule has 0 saturated carbocycles. The van der Waals surface area contributed by atoms with Crippen molar-refractivity contribution in [1.82, 2.24) is 4.90 Å². The zero-order valence-electron chi connectivity index (χ0n) is 13.0. The summed E-state index contributed by atoms with van der Waals surface area (Å²) in [6, 6.07) is 16.0. The molecule has 1 aromatic heterocycles. The lowest BCUT2D eigenvalue weighted by molar-refractivity contribution is -0.126. The highest BCUT2D eigenvalue weighted by Gasteiger charge is 2.23. The average Bonchev–Trinajstić information content (AvgIpc) is 3.05. The van der Waals surface area contributed by atoms with Crippen molar-refractivity contribution in [1.29, 1.82) is 5.26 Å². The van der Waals surface area contributed by atoms with Gasteiger partial charge in [0.05, 0.1) is 3.79 Å². The van der Waals surface area contributed by atoms with Gasteiger partial charge in [-0.2, -0.15) is 5.26 Å². The van der Waals surface area contributed by atoms with Crippen molar-refractivity contribution >= 4 is 44.9 Å². The van der Waals surface area contributed by atoms with E-state index in [1.807, 2.05) is 36.4 Å². The van der Waals surface area contributed by atoms with Crippen LogP contribution in [0.3, 0.4) is 0 Å². The average molecular weight is 402 g/mol. The number of amides is 1. The first-order chi connectivity index (χ1) is 11.7. The van der Waals surface area contributed by atoms with E-state index in [1.54, 1.807) is 11.0 Å².